The van der Waals surface area contributed by atoms with Crippen LogP contribution in [0.4, 0.5) is 4.39 Å². The summed E-state index contributed by atoms with van der Waals surface area (Å²) in [5.41, 5.74) is -0.227. The molecule has 1 aromatic carbocycles. The Bertz CT molecular complexity index is 435. The second kappa shape index (κ2) is 6.20. The number of amides is 1. The fourth-order valence-corrected chi connectivity index (χ4v) is 2.26. The predicted octanol–water partition coefficient (Wildman–Crippen LogP) is 1.98. The van der Waals surface area contributed by atoms with Crippen molar-refractivity contribution in [3.63, 3.8) is 0 Å². The standard InChI is InChI=1S/C13H18FNO2S/c1-9-4-5-10(11(14)6-9)12(16)15-7-13(2,17)8-18-3/h4-6,17H,7-8H2,1-3H3,(H,15,16). The van der Waals surface area contributed by atoms with Crippen molar-refractivity contribution in [3.05, 3.63) is 35.1 Å². The molecule has 1 unspecified atom stereocenters. The maximum absolute atomic E-state index is 13.5. The topological polar surface area (TPSA) is 49.3 Å². The Morgan fingerprint density at radius 2 is 2.22 bits per heavy atom. The lowest BCUT2D eigenvalue weighted by molar-refractivity contribution is 0.0722. The van der Waals surface area contributed by atoms with E-state index in [2.05, 4.69) is 5.32 Å². The van der Waals surface area contributed by atoms with Crippen molar-refractivity contribution in [1.29, 1.82) is 0 Å². The average Bonchev–Trinajstić information content (AvgIpc) is 2.26. The second-order valence-corrected chi connectivity index (χ2v) is 5.46. The number of rotatable bonds is 5. The van der Waals surface area contributed by atoms with Gasteiger partial charge in [0.2, 0.25) is 0 Å². The minimum absolute atomic E-state index is 0.000511. The molecule has 0 aromatic heterocycles. The minimum atomic E-state index is -0.990. The Labute approximate surface area is 111 Å². The highest BCUT2D eigenvalue weighted by Crippen LogP contribution is 2.12. The van der Waals surface area contributed by atoms with Crippen LogP contribution < -0.4 is 5.32 Å². The van der Waals surface area contributed by atoms with Crippen molar-refractivity contribution in [2.24, 2.45) is 0 Å². The van der Waals surface area contributed by atoms with E-state index in [9.17, 15) is 14.3 Å². The molecule has 5 heteroatoms. The number of carbonyl (C=O) groups is 1. The summed E-state index contributed by atoms with van der Waals surface area (Å²) in [6, 6.07) is 4.44. The first-order valence-electron chi connectivity index (χ1n) is 5.61. The SMILES string of the molecule is CSCC(C)(O)CNC(=O)c1ccc(C)cc1F. The molecular formula is C13H18FNO2S. The Morgan fingerprint density at radius 3 is 2.78 bits per heavy atom. The molecule has 3 nitrogen and oxygen atoms in total. The molecule has 18 heavy (non-hydrogen) atoms. The molecule has 0 aliphatic heterocycles. The van der Waals surface area contributed by atoms with Gasteiger partial charge < -0.3 is 10.4 Å². The third-order valence-electron chi connectivity index (χ3n) is 2.45. The lowest BCUT2D eigenvalue weighted by Crippen LogP contribution is -2.42. The highest BCUT2D eigenvalue weighted by molar-refractivity contribution is 7.98. The van der Waals surface area contributed by atoms with Crippen LogP contribution in [-0.4, -0.2) is 35.2 Å². The van der Waals surface area contributed by atoms with Crippen molar-refractivity contribution in [1.82, 2.24) is 5.32 Å². The van der Waals surface area contributed by atoms with Gasteiger partial charge in [-0.3, -0.25) is 4.79 Å². The van der Waals surface area contributed by atoms with E-state index in [1.54, 1.807) is 19.9 Å². The van der Waals surface area contributed by atoms with E-state index in [0.717, 1.165) is 5.56 Å². The summed E-state index contributed by atoms with van der Waals surface area (Å²) < 4.78 is 13.5. The quantitative estimate of drug-likeness (QED) is 0.861. The second-order valence-electron chi connectivity index (χ2n) is 4.60. The normalized spacial score (nSPS) is 14.1. The highest BCUT2D eigenvalue weighted by atomic mass is 32.2. The molecule has 1 atom stereocenters. The fraction of sp³-hybridized carbons (Fsp3) is 0.462. The van der Waals surface area contributed by atoms with Gasteiger partial charge in [-0.15, -0.1) is 0 Å². The van der Waals surface area contributed by atoms with Crippen molar-refractivity contribution in [2.75, 3.05) is 18.6 Å². The summed E-state index contributed by atoms with van der Waals surface area (Å²) in [4.78, 5) is 11.8. The van der Waals surface area contributed by atoms with Gasteiger partial charge in [0, 0.05) is 12.3 Å². The van der Waals surface area contributed by atoms with Crippen LogP contribution in [0.15, 0.2) is 18.2 Å². The number of thioether (sulfide) groups is 1. The van der Waals surface area contributed by atoms with Gasteiger partial charge in [-0.2, -0.15) is 11.8 Å². The van der Waals surface area contributed by atoms with E-state index >= 15 is 0 Å². The molecule has 1 aromatic rings. The zero-order valence-electron chi connectivity index (χ0n) is 10.8. The van der Waals surface area contributed by atoms with Crippen molar-refractivity contribution < 1.29 is 14.3 Å². The van der Waals surface area contributed by atoms with Crippen LogP contribution in [-0.2, 0) is 0 Å². The number of aryl methyl sites for hydroxylation is 1. The van der Waals surface area contributed by atoms with Crippen LogP contribution in [0.3, 0.4) is 0 Å². The molecule has 1 rings (SSSR count). The van der Waals surface area contributed by atoms with Gasteiger partial charge >= 0.3 is 0 Å². The van der Waals surface area contributed by atoms with Gasteiger partial charge in [-0.1, -0.05) is 6.07 Å². The van der Waals surface area contributed by atoms with Crippen LogP contribution in [0.1, 0.15) is 22.8 Å². The molecule has 0 aliphatic carbocycles. The Kier molecular flexibility index (Phi) is 5.16. The highest BCUT2D eigenvalue weighted by Gasteiger charge is 2.21. The zero-order chi connectivity index (χ0) is 13.8. The van der Waals surface area contributed by atoms with E-state index in [1.807, 2.05) is 6.26 Å². The van der Waals surface area contributed by atoms with Crippen molar-refractivity contribution in [3.8, 4) is 0 Å². The molecule has 1 amide bonds. The maximum Gasteiger partial charge on any atom is 0.254 e. The van der Waals surface area contributed by atoms with Gasteiger partial charge in [-0.25, -0.2) is 4.39 Å². The molecule has 100 valence electrons. The third kappa shape index (κ3) is 4.31. The van der Waals surface area contributed by atoms with Gasteiger partial charge in [0.15, 0.2) is 0 Å². The van der Waals surface area contributed by atoms with Gasteiger partial charge in [0.05, 0.1) is 11.2 Å². The van der Waals surface area contributed by atoms with Crippen LogP contribution in [0, 0.1) is 12.7 Å². The lowest BCUT2D eigenvalue weighted by atomic mass is 10.1. The van der Waals surface area contributed by atoms with Gasteiger partial charge in [0.1, 0.15) is 5.82 Å². The number of nitrogens with one attached hydrogen (secondary N) is 1. The molecule has 0 saturated heterocycles. The van der Waals surface area contributed by atoms with E-state index in [4.69, 9.17) is 0 Å². The molecule has 0 heterocycles. The number of aliphatic hydroxyl groups is 1. The fourth-order valence-electron chi connectivity index (χ4n) is 1.53. The summed E-state index contributed by atoms with van der Waals surface area (Å²) >= 11 is 1.49. The molecule has 0 spiro atoms. The third-order valence-corrected chi connectivity index (χ3v) is 3.36. The monoisotopic (exact) mass is 271 g/mol. The molecule has 0 fully saturated rings. The maximum atomic E-state index is 13.5. The largest absolute Gasteiger partial charge is 0.387 e. The van der Waals surface area contributed by atoms with E-state index in [-0.39, 0.29) is 12.1 Å². The molecule has 0 aliphatic rings. The average molecular weight is 271 g/mol. The number of carbonyl (C=O) groups excluding carboxylic acids is 1. The van der Waals surface area contributed by atoms with Crippen LogP contribution >= 0.6 is 11.8 Å². The number of halogens is 1. The zero-order valence-corrected chi connectivity index (χ0v) is 11.6. The van der Waals surface area contributed by atoms with Gasteiger partial charge in [-0.05, 0) is 37.8 Å². The van der Waals surface area contributed by atoms with Gasteiger partial charge in [0.25, 0.3) is 5.91 Å². The van der Waals surface area contributed by atoms with E-state index in [1.165, 1.54) is 23.9 Å². The number of hydrogen-bond donors (Lipinski definition) is 2. The smallest absolute Gasteiger partial charge is 0.254 e. The molecular weight excluding hydrogens is 253 g/mol. The van der Waals surface area contributed by atoms with Crippen LogP contribution in [0.5, 0.6) is 0 Å². The summed E-state index contributed by atoms with van der Waals surface area (Å²) in [5, 5.41) is 12.4. The number of benzene rings is 1. The van der Waals surface area contributed by atoms with Crippen LogP contribution in [0.25, 0.3) is 0 Å². The molecule has 0 bridgehead atoms. The van der Waals surface area contributed by atoms with Crippen molar-refractivity contribution >= 4 is 17.7 Å². The predicted molar refractivity (Wildman–Crippen MR) is 72.5 cm³/mol. The number of hydrogen-bond acceptors (Lipinski definition) is 3. The van der Waals surface area contributed by atoms with E-state index < -0.39 is 17.3 Å². The molecule has 2 N–H and O–H groups in total. The summed E-state index contributed by atoms with van der Waals surface area (Å²) in [5.74, 6) is -0.546. The first kappa shape index (κ1) is 15.0. The summed E-state index contributed by atoms with van der Waals surface area (Å²) in [7, 11) is 0. The lowest BCUT2D eigenvalue weighted by Gasteiger charge is -2.22. The first-order chi connectivity index (χ1) is 8.35. The Morgan fingerprint density at radius 1 is 1.56 bits per heavy atom. The molecule has 0 saturated carbocycles. The van der Waals surface area contributed by atoms with E-state index in [0.29, 0.717) is 5.75 Å². The Balaban J connectivity index is 2.66. The first-order valence-corrected chi connectivity index (χ1v) is 7.01. The van der Waals surface area contributed by atoms with Crippen LogP contribution in [0.2, 0.25) is 0 Å². The summed E-state index contributed by atoms with van der Waals surface area (Å²) in [6.45, 7) is 3.49. The summed E-state index contributed by atoms with van der Waals surface area (Å²) in [6.07, 6.45) is 1.87. The minimum Gasteiger partial charge on any atom is -0.387 e. The Hall–Kier alpha value is -1.07. The van der Waals surface area contributed by atoms with Crippen molar-refractivity contribution in [2.45, 2.75) is 19.4 Å². The molecule has 0 radical (unpaired) electrons.